The van der Waals surface area contributed by atoms with Crippen molar-refractivity contribution < 1.29 is 37.0 Å². The molecule has 1 aromatic rings. The molecule has 4 aliphatic rings. The molecule has 0 aliphatic heterocycles. The molecule has 0 unspecified atom stereocenters. The molecule has 4 aliphatic carbocycles. The first kappa shape index (κ1) is 22.2. The van der Waals surface area contributed by atoms with Gasteiger partial charge in [0.1, 0.15) is 18.2 Å². The Morgan fingerprint density at radius 3 is 2.26 bits per heavy atom. The van der Waals surface area contributed by atoms with Gasteiger partial charge in [-0.2, -0.15) is 8.78 Å². The molecule has 7 nitrogen and oxygen atoms in total. The van der Waals surface area contributed by atoms with E-state index in [1.807, 2.05) is 0 Å². The summed E-state index contributed by atoms with van der Waals surface area (Å²) in [6.07, 6.45) is 1.77. The zero-order valence-corrected chi connectivity index (χ0v) is 17.2. The second-order valence-corrected chi connectivity index (χ2v) is 8.88. The van der Waals surface area contributed by atoms with Gasteiger partial charge in [0, 0.05) is 30.0 Å². The fourth-order valence-corrected chi connectivity index (χ4v) is 4.65. The van der Waals surface area contributed by atoms with Crippen molar-refractivity contribution in [1.82, 2.24) is 10.6 Å². The summed E-state index contributed by atoms with van der Waals surface area (Å²) >= 11 is 5.60. The zero-order valence-electron chi connectivity index (χ0n) is 16.5. The number of nitrogens with one attached hydrogen (secondary N) is 2. The van der Waals surface area contributed by atoms with Crippen LogP contribution in [-0.2, 0) is 19.1 Å². The van der Waals surface area contributed by atoms with E-state index >= 15 is 0 Å². The van der Waals surface area contributed by atoms with E-state index in [1.165, 1.54) is 12.1 Å². The Hall–Kier alpha value is -2.04. The number of hydrogen-bond acceptors (Lipinski definition) is 5. The highest BCUT2D eigenvalue weighted by molar-refractivity contribution is 6.30. The van der Waals surface area contributed by atoms with Gasteiger partial charge in [-0.3, -0.25) is 9.59 Å². The number of carbonyl (C=O) groups excluding carboxylic acids is 2. The minimum Gasteiger partial charge on any atom is -0.484 e. The lowest BCUT2D eigenvalue weighted by molar-refractivity contribution is -0.207. The van der Waals surface area contributed by atoms with E-state index in [-0.39, 0.29) is 53.0 Å². The molecule has 31 heavy (non-hydrogen) atoms. The molecule has 170 valence electrons. The monoisotopic (exact) mass is 462 g/mol. The lowest BCUT2D eigenvalue weighted by Gasteiger charge is -2.70. The minimum absolute atomic E-state index is 0.0268. The minimum atomic E-state index is -2.79. The van der Waals surface area contributed by atoms with Crippen LogP contribution in [-0.4, -0.2) is 54.9 Å². The first-order valence-electron chi connectivity index (χ1n) is 9.91. The molecule has 1 aromatic carbocycles. The Morgan fingerprint density at radius 2 is 1.68 bits per heavy atom. The Labute approximate surface area is 181 Å². The van der Waals surface area contributed by atoms with E-state index in [2.05, 4.69) is 15.4 Å². The number of ether oxygens (including phenoxy) is 3. The second-order valence-electron chi connectivity index (χ2n) is 8.48. The molecule has 0 spiro atoms. The summed E-state index contributed by atoms with van der Waals surface area (Å²) in [5, 5.41) is 5.79. The molecule has 2 amide bonds. The van der Waals surface area contributed by atoms with Crippen LogP contribution < -0.4 is 15.4 Å². The zero-order chi connectivity index (χ0) is 22.2. The first-order chi connectivity index (χ1) is 14.7. The van der Waals surface area contributed by atoms with Crippen LogP contribution >= 0.6 is 11.6 Å². The van der Waals surface area contributed by atoms with Gasteiger partial charge >= 0.3 is 6.61 Å². The maximum atomic E-state index is 13.4. The summed E-state index contributed by atoms with van der Waals surface area (Å²) < 4.78 is 52.5. The van der Waals surface area contributed by atoms with Crippen molar-refractivity contribution in [2.45, 2.75) is 62.0 Å². The Morgan fingerprint density at radius 1 is 1.06 bits per heavy atom. The average Bonchev–Trinajstić information content (AvgIpc) is 2.61. The van der Waals surface area contributed by atoms with Crippen molar-refractivity contribution in [3.05, 3.63) is 29.0 Å². The van der Waals surface area contributed by atoms with Gasteiger partial charge in [0.25, 0.3) is 5.91 Å². The molecule has 0 radical (unpaired) electrons. The molecule has 0 atom stereocenters. The molecule has 2 N–H and O–H groups in total. The number of carbonyl (C=O) groups is 2. The second kappa shape index (κ2) is 8.48. The molecule has 4 fully saturated rings. The molecule has 2 bridgehead atoms. The molecular weight excluding hydrogens is 441 g/mol. The highest BCUT2D eigenvalue weighted by Gasteiger charge is 2.69. The largest absolute Gasteiger partial charge is 0.484 e. The summed E-state index contributed by atoms with van der Waals surface area (Å²) in [4.78, 5) is 24.2. The number of hydrogen-bond donors (Lipinski definition) is 2. The molecule has 5 rings (SSSR count). The molecule has 0 aromatic heterocycles. The molecule has 11 heteroatoms. The molecule has 0 heterocycles. The van der Waals surface area contributed by atoms with Crippen LogP contribution in [0, 0.1) is 5.82 Å². The number of rotatable bonds is 10. The third-order valence-electron chi connectivity index (χ3n) is 5.90. The number of benzene rings is 1. The lowest BCUT2D eigenvalue weighted by atomic mass is 9.44. The predicted molar refractivity (Wildman–Crippen MR) is 102 cm³/mol. The van der Waals surface area contributed by atoms with Crippen LogP contribution in [0.1, 0.15) is 32.1 Å². The summed E-state index contributed by atoms with van der Waals surface area (Å²) in [5.74, 6) is -1.02. The Bertz CT molecular complexity index is 845. The average molecular weight is 463 g/mol. The van der Waals surface area contributed by atoms with Crippen LogP contribution in [0.4, 0.5) is 13.2 Å². The number of amides is 2. The Balaban J connectivity index is 1.10. The van der Waals surface area contributed by atoms with E-state index in [0.717, 1.165) is 6.07 Å². The summed E-state index contributed by atoms with van der Waals surface area (Å²) in [6, 6.07) is 3.93. The van der Waals surface area contributed by atoms with Crippen LogP contribution in [0.25, 0.3) is 0 Å². The van der Waals surface area contributed by atoms with E-state index in [1.54, 1.807) is 0 Å². The fraction of sp³-hybridized carbons (Fsp3) is 0.600. The van der Waals surface area contributed by atoms with E-state index in [9.17, 15) is 22.8 Å². The smallest absolute Gasteiger partial charge is 0.345 e. The van der Waals surface area contributed by atoms with E-state index in [4.69, 9.17) is 21.1 Å². The topological polar surface area (TPSA) is 85.9 Å². The van der Waals surface area contributed by atoms with Crippen LogP contribution in [0.5, 0.6) is 5.75 Å². The first-order valence-corrected chi connectivity index (χ1v) is 10.3. The third-order valence-corrected chi connectivity index (χ3v) is 6.20. The number of alkyl halides is 2. The van der Waals surface area contributed by atoms with Gasteiger partial charge in [-0.15, -0.1) is 0 Å². The van der Waals surface area contributed by atoms with Crippen molar-refractivity contribution in [2.24, 2.45) is 0 Å². The van der Waals surface area contributed by atoms with Crippen LogP contribution in [0.3, 0.4) is 0 Å². The molecule has 0 saturated heterocycles. The maximum absolute atomic E-state index is 13.4. The summed E-state index contributed by atoms with van der Waals surface area (Å²) in [6.45, 7) is -3.19. The summed E-state index contributed by atoms with van der Waals surface area (Å²) in [5.41, 5.74) is -0.692. The third kappa shape index (κ3) is 5.07. The quantitative estimate of drug-likeness (QED) is 0.558. The van der Waals surface area contributed by atoms with Crippen molar-refractivity contribution in [2.75, 3.05) is 13.2 Å². The summed E-state index contributed by atoms with van der Waals surface area (Å²) in [7, 11) is 0. The predicted octanol–water partition coefficient (Wildman–Crippen LogP) is 2.55. The highest BCUT2D eigenvalue weighted by Crippen LogP contribution is 2.60. The van der Waals surface area contributed by atoms with Crippen molar-refractivity contribution in [3.8, 4) is 5.75 Å². The van der Waals surface area contributed by atoms with Gasteiger partial charge in [0.15, 0.2) is 6.61 Å². The van der Waals surface area contributed by atoms with Crippen LogP contribution in [0.2, 0.25) is 5.02 Å². The van der Waals surface area contributed by atoms with Gasteiger partial charge in [0.2, 0.25) is 5.91 Å². The lowest BCUT2D eigenvalue weighted by Crippen LogP contribution is -2.84. The normalized spacial score (nSPS) is 30.6. The van der Waals surface area contributed by atoms with Crippen molar-refractivity contribution >= 4 is 23.4 Å². The van der Waals surface area contributed by atoms with Crippen LogP contribution in [0.15, 0.2) is 18.2 Å². The SMILES string of the molecule is O=C(COc1ccc(Cl)c(F)c1)NC12CC(NC(=O)CO[C@H]3C[C@H](OC(F)F)C3)(C1)C2. The van der Waals surface area contributed by atoms with E-state index < -0.39 is 18.5 Å². The standard InChI is InChI=1S/C20H22ClF3N2O5/c21-14-2-1-11(5-15(14)22)29-6-16(27)25-19-8-20(9-19,10-19)26-17(28)7-30-12-3-13(4-12)31-18(23)24/h1-2,5,12-13,18H,3-4,6-10H2,(H,25,27)(H,26,28)/t12-,13-,19?,20?. The van der Waals surface area contributed by atoms with Gasteiger partial charge in [-0.25, -0.2) is 4.39 Å². The Kier molecular flexibility index (Phi) is 6.06. The van der Waals surface area contributed by atoms with Crippen molar-refractivity contribution in [1.29, 1.82) is 0 Å². The fourth-order valence-electron chi connectivity index (χ4n) is 4.54. The molecule has 4 saturated carbocycles. The van der Waals surface area contributed by atoms with Gasteiger partial charge < -0.3 is 24.8 Å². The molecular formula is C20H22ClF3N2O5. The highest BCUT2D eigenvalue weighted by atomic mass is 35.5. The van der Waals surface area contributed by atoms with Crippen molar-refractivity contribution in [3.63, 3.8) is 0 Å². The van der Waals surface area contributed by atoms with Gasteiger partial charge in [-0.05, 0) is 31.4 Å². The van der Waals surface area contributed by atoms with Gasteiger partial charge in [-0.1, -0.05) is 11.6 Å². The maximum Gasteiger partial charge on any atom is 0.345 e. The van der Waals surface area contributed by atoms with E-state index in [0.29, 0.717) is 32.1 Å². The van der Waals surface area contributed by atoms with Gasteiger partial charge in [0.05, 0.1) is 17.2 Å². The number of halogens is 4.